The van der Waals surface area contributed by atoms with Crippen LogP contribution in [0.3, 0.4) is 0 Å². The van der Waals surface area contributed by atoms with Gasteiger partial charge in [-0.2, -0.15) is 0 Å². The first-order valence-electron chi connectivity index (χ1n) is 14.3. The van der Waals surface area contributed by atoms with Crippen LogP contribution in [-0.2, 0) is 6.42 Å². The Morgan fingerprint density at radius 3 is 1.98 bits per heavy atom. The molecule has 0 spiro atoms. The van der Waals surface area contributed by atoms with E-state index < -0.39 is 0 Å². The van der Waals surface area contributed by atoms with Crippen LogP contribution in [0.1, 0.15) is 42.6 Å². The van der Waals surface area contributed by atoms with Crippen molar-refractivity contribution in [1.29, 1.82) is 0 Å². The molecule has 210 valence electrons. The molecule has 2 aliphatic carbocycles. The van der Waals surface area contributed by atoms with Crippen molar-refractivity contribution in [2.24, 2.45) is 0 Å². The van der Waals surface area contributed by atoms with E-state index in [-0.39, 0.29) is 11.6 Å². The summed E-state index contributed by atoms with van der Waals surface area (Å²) in [6, 6.07) is 16.0. The molecule has 2 fully saturated rings. The number of rotatable bonds is 8. The van der Waals surface area contributed by atoms with Gasteiger partial charge < -0.3 is 20.6 Å². The fourth-order valence-electron chi connectivity index (χ4n) is 5.27. The van der Waals surface area contributed by atoms with Gasteiger partial charge in [0.2, 0.25) is 0 Å². The molecule has 0 amide bonds. The average Bonchev–Trinajstić information content (AvgIpc) is 3.89. The minimum Gasteiger partial charge on any atom is -0.367 e. The summed E-state index contributed by atoms with van der Waals surface area (Å²) in [6.45, 7) is 2.00. The highest BCUT2D eigenvalue weighted by atomic mass is 19.1. The molecule has 0 saturated heterocycles. The summed E-state index contributed by atoms with van der Waals surface area (Å²) in [5.74, 6) is 1.93. The summed E-state index contributed by atoms with van der Waals surface area (Å²) < 4.78 is 28.7. The highest BCUT2D eigenvalue weighted by Crippen LogP contribution is 2.33. The first kappa shape index (κ1) is 24.9. The summed E-state index contributed by atoms with van der Waals surface area (Å²) in [5.41, 5.74) is 5.19. The number of fused-ring (bicyclic) bond motifs is 2. The summed E-state index contributed by atoms with van der Waals surface area (Å²) in [4.78, 5) is 25.8. The first-order chi connectivity index (χ1) is 20.4. The van der Waals surface area contributed by atoms with Gasteiger partial charge in [-0.15, -0.1) is 0 Å². The molecule has 2 aromatic carbocycles. The summed E-state index contributed by atoms with van der Waals surface area (Å²) in [5, 5.41) is 8.81. The maximum atomic E-state index is 15.2. The molecule has 0 atom stereocenters. The van der Waals surface area contributed by atoms with E-state index in [1.54, 1.807) is 18.2 Å². The van der Waals surface area contributed by atoms with Crippen molar-refractivity contribution in [3.63, 3.8) is 0 Å². The van der Waals surface area contributed by atoms with Gasteiger partial charge in [0.15, 0.2) is 11.6 Å². The summed E-state index contributed by atoms with van der Waals surface area (Å²) >= 11 is 0. The lowest BCUT2D eigenvalue weighted by atomic mass is 10.0. The summed E-state index contributed by atoms with van der Waals surface area (Å²) in [7, 11) is 0. The fourth-order valence-corrected chi connectivity index (χ4v) is 5.27. The van der Waals surface area contributed by atoms with Gasteiger partial charge in [-0.25, -0.2) is 28.7 Å². The molecule has 2 saturated carbocycles. The van der Waals surface area contributed by atoms with Crippen LogP contribution in [0.2, 0.25) is 0 Å². The van der Waals surface area contributed by atoms with E-state index >= 15 is 4.39 Å². The third-order valence-corrected chi connectivity index (χ3v) is 7.79. The quantitative estimate of drug-likeness (QED) is 0.161. The predicted molar refractivity (Wildman–Crippen MR) is 159 cm³/mol. The smallest absolute Gasteiger partial charge is 0.163 e. The Balaban J connectivity index is 1.15. The molecule has 42 heavy (non-hydrogen) atoms. The molecule has 4 N–H and O–H groups in total. The molecule has 0 radical (unpaired) electrons. The number of hydrogen-bond donors (Lipinski definition) is 4. The van der Waals surface area contributed by atoms with E-state index in [4.69, 9.17) is 19.9 Å². The maximum absolute atomic E-state index is 15.2. The molecule has 2 aliphatic rings. The third kappa shape index (κ3) is 4.82. The van der Waals surface area contributed by atoms with E-state index in [0.29, 0.717) is 41.4 Å². The van der Waals surface area contributed by atoms with Gasteiger partial charge in [0.1, 0.15) is 34.6 Å². The Hall–Kier alpha value is -4.86. The van der Waals surface area contributed by atoms with E-state index in [1.165, 1.54) is 18.2 Å². The minimum absolute atomic E-state index is 0.306. The van der Waals surface area contributed by atoms with Gasteiger partial charge in [-0.1, -0.05) is 0 Å². The number of benzene rings is 2. The molecular formula is C32H28F2N8. The lowest BCUT2D eigenvalue weighted by Gasteiger charge is -2.09. The van der Waals surface area contributed by atoms with Crippen molar-refractivity contribution in [2.75, 3.05) is 10.6 Å². The van der Waals surface area contributed by atoms with Crippen molar-refractivity contribution in [3.8, 4) is 22.8 Å². The molecule has 0 aliphatic heterocycles. The molecule has 4 heterocycles. The highest BCUT2D eigenvalue weighted by Gasteiger charge is 2.25. The van der Waals surface area contributed by atoms with Gasteiger partial charge in [-0.05, 0) is 92.8 Å². The SMILES string of the molecule is Cc1cc2c(NC3CC3)nc(-c3ccc(F)c(Cc4cc5c(NC6CC6)nc(-c6ccc(F)cc6)nc5[nH]4)c3)nc2[nH]1. The van der Waals surface area contributed by atoms with Gasteiger partial charge in [-0.3, -0.25) is 0 Å². The second kappa shape index (κ2) is 9.61. The Bertz CT molecular complexity index is 1970. The van der Waals surface area contributed by atoms with Crippen LogP contribution < -0.4 is 10.6 Å². The molecule has 10 heteroatoms. The Kier molecular flexibility index (Phi) is 5.70. The number of aromatic nitrogens is 6. The van der Waals surface area contributed by atoms with Crippen LogP contribution in [0, 0.1) is 18.6 Å². The highest BCUT2D eigenvalue weighted by molar-refractivity contribution is 5.91. The van der Waals surface area contributed by atoms with Crippen molar-refractivity contribution < 1.29 is 8.78 Å². The Morgan fingerprint density at radius 1 is 0.714 bits per heavy atom. The first-order valence-corrected chi connectivity index (χ1v) is 14.3. The Labute approximate surface area is 240 Å². The lowest BCUT2D eigenvalue weighted by molar-refractivity contribution is 0.613. The van der Waals surface area contributed by atoms with Crippen LogP contribution in [0.15, 0.2) is 54.6 Å². The molecule has 8 rings (SSSR count). The second-order valence-corrected chi connectivity index (χ2v) is 11.4. The number of halogens is 2. The zero-order chi connectivity index (χ0) is 28.4. The third-order valence-electron chi connectivity index (χ3n) is 7.79. The van der Waals surface area contributed by atoms with Crippen LogP contribution in [0.25, 0.3) is 44.8 Å². The zero-order valence-corrected chi connectivity index (χ0v) is 22.9. The number of aromatic amines is 2. The Morgan fingerprint density at radius 2 is 1.31 bits per heavy atom. The molecule has 0 bridgehead atoms. The van der Waals surface area contributed by atoms with E-state index in [0.717, 1.165) is 76.3 Å². The number of anilines is 2. The molecule has 8 nitrogen and oxygen atoms in total. The maximum Gasteiger partial charge on any atom is 0.163 e. The molecular weight excluding hydrogens is 534 g/mol. The van der Waals surface area contributed by atoms with Crippen LogP contribution in [0.4, 0.5) is 20.4 Å². The van der Waals surface area contributed by atoms with E-state index in [9.17, 15) is 4.39 Å². The van der Waals surface area contributed by atoms with Crippen LogP contribution >= 0.6 is 0 Å². The van der Waals surface area contributed by atoms with Crippen molar-refractivity contribution in [1.82, 2.24) is 29.9 Å². The molecule has 0 unspecified atom stereocenters. The second-order valence-electron chi connectivity index (χ2n) is 11.4. The number of aryl methyl sites for hydroxylation is 1. The van der Waals surface area contributed by atoms with Gasteiger partial charge in [0.05, 0.1) is 10.8 Å². The zero-order valence-electron chi connectivity index (χ0n) is 22.9. The lowest BCUT2D eigenvalue weighted by Crippen LogP contribution is -2.05. The monoisotopic (exact) mass is 562 g/mol. The molecule has 4 aromatic heterocycles. The van der Waals surface area contributed by atoms with Crippen molar-refractivity contribution in [3.05, 3.63) is 83.2 Å². The van der Waals surface area contributed by atoms with Crippen molar-refractivity contribution in [2.45, 2.75) is 51.1 Å². The molecule has 6 aromatic rings. The number of hydrogen-bond acceptors (Lipinski definition) is 6. The topological polar surface area (TPSA) is 107 Å². The number of nitrogens with one attached hydrogen (secondary N) is 4. The van der Waals surface area contributed by atoms with Gasteiger partial charge in [0.25, 0.3) is 0 Å². The van der Waals surface area contributed by atoms with Gasteiger partial charge in [0, 0.05) is 41.0 Å². The average molecular weight is 563 g/mol. The van der Waals surface area contributed by atoms with E-state index in [1.807, 2.05) is 25.1 Å². The normalized spacial score (nSPS) is 15.0. The largest absolute Gasteiger partial charge is 0.367 e. The minimum atomic E-state index is -0.314. The van der Waals surface area contributed by atoms with Gasteiger partial charge >= 0.3 is 0 Å². The standard InChI is InChI=1S/C32H28F2N8/c1-16-12-24-29(35-16)41-28(42-30(24)36-21-7-8-21)18-4-11-26(34)19(13-18)14-23-15-25-31(37-22-9-10-22)39-27(40-32(25)38-23)17-2-5-20(33)6-3-17/h2-6,11-13,15,21-22H,7-10,14H2,1H3,(H2,35,36,41,42)(H2,37,38,39,40). The van der Waals surface area contributed by atoms with Crippen LogP contribution in [-0.4, -0.2) is 42.0 Å². The number of nitrogens with zero attached hydrogens (tertiary/aromatic N) is 4. The predicted octanol–water partition coefficient (Wildman–Crippen LogP) is 6.89. The van der Waals surface area contributed by atoms with Crippen LogP contribution in [0.5, 0.6) is 0 Å². The summed E-state index contributed by atoms with van der Waals surface area (Å²) in [6.07, 6.45) is 4.74. The van der Waals surface area contributed by atoms with E-state index in [2.05, 4.69) is 20.6 Å². The van der Waals surface area contributed by atoms with Crippen molar-refractivity contribution >= 4 is 33.7 Å². The fraction of sp³-hybridized carbons (Fsp3) is 0.250. The number of H-pyrrole nitrogens is 2.